The van der Waals surface area contributed by atoms with Gasteiger partial charge in [-0.1, -0.05) is 23.7 Å². The first-order valence-corrected chi connectivity index (χ1v) is 12.1. The molecule has 0 unspecified atom stereocenters. The van der Waals surface area contributed by atoms with Gasteiger partial charge in [-0.3, -0.25) is 19.3 Å². The SMILES string of the molecule is COc1cc(/C=C2\SC(=O)N(CC(=O)Nc3cc(Cl)ccc3C)C2=O)ccc1OCC(=O)OC(C)C. The zero-order chi connectivity index (χ0) is 26.4. The molecule has 1 heterocycles. The highest BCUT2D eigenvalue weighted by Gasteiger charge is 2.36. The maximum Gasteiger partial charge on any atom is 0.344 e. The highest BCUT2D eigenvalue weighted by Crippen LogP contribution is 2.34. The number of anilines is 1. The van der Waals surface area contributed by atoms with Crippen LogP contribution in [0.4, 0.5) is 10.5 Å². The van der Waals surface area contributed by atoms with Crippen LogP contribution < -0.4 is 14.8 Å². The van der Waals surface area contributed by atoms with Gasteiger partial charge < -0.3 is 19.5 Å². The van der Waals surface area contributed by atoms with Crippen molar-refractivity contribution in [2.45, 2.75) is 26.9 Å². The lowest BCUT2D eigenvalue weighted by molar-refractivity contribution is -0.149. The average molecular weight is 533 g/mol. The molecule has 36 heavy (non-hydrogen) atoms. The molecule has 190 valence electrons. The van der Waals surface area contributed by atoms with E-state index in [2.05, 4.69) is 5.32 Å². The lowest BCUT2D eigenvalue weighted by atomic mass is 10.2. The number of carbonyl (C=O) groups excluding carboxylic acids is 4. The second kappa shape index (κ2) is 12.0. The van der Waals surface area contributed by atoms with E-state index in [0.717, 1.165) is 22.2 Å². The van der Waals surface area contributed by atoms with Crippen molar-refractivity contribution in [2.75, 3.05) is 25.6 Å². The first kappa shape index (κ1) is 27.1. The smallest absolute Gasteiger partial charge is 0.344 e. The van der Waals surface area contributed by atoms with Crippen molar-refractivity contribution < 1.29 is 33.4 Å². The number of esters is 1. The molecule has 1 N–H and O–H groups in total. The minimum absolute atomic E-state index is 0.156. The lowest BCUT2D eigenvalue weighted by Crippen LogP contribution is -2.36. The Morgan fingerprint density at radius 1 is 1.14 bits per heavy atom. The molecule has 0 aliphatic carbocycles. The predicted molar refractivity (Wildman–Crippen MR) is 137 cm³/mol. The van der Waals surface area contributed by atoms with Crippen LogP contribution in [-0.2, 0) is 19.1 Å². The van der Waals surface area contributed by atoms with Gasteiger partial charge in [-0.25, -0.2) is 4.79 Å². The molecule has 2 aromatic rings. The van der Waals surface area contributed by atoms with Crippen molar-refractivity contribution in [1.29, 1.82) is 0 Å². The predicted octanol–water partition coefficient (Wildman–Crippen LogP) is 4.66. The fourth-order valence-electron chi connectivity index (χ4n) is 3.18. The normalized spacial score (nSPS) is 14.4. The number of imide groups is 1. The van der Waals surface area contributed by atoms with Crippen LogP contribution in [0.3, 0.4) is 0 Å². The fourth-order valence-corrected chi connectivity index (χ4v) is 4.19. The Balaban J connectivity index is 1.68. The molecule has 9 nitrogen and oxygen atoms in total. The first-order valence-electron chi connectivity index (χ1n) is 10.9. The molecule has 3 rings (SSSR count). The minimum atomic E-state index is -0.585. The summed E-state index contributed by atoms with van der Waals surface area (Å²) in [5.74, 6) is -0.978. The number of hydrogen-bond donors (Lipinski definition) is 1. The molecule has 0 bridgehead atoms. The second-order valence-corrected chi connectivity index (χ2v) is 9.44. The van der Waals surface area contributed by atoms with Crippen molar-refractivity contribution in [2.24, 2.45) is 0 Å². The Morgan fingerprint density at radius 2 is 1.89 bits per heavy atom. The van der Waals surface area contributed by atoms with E-state index in [4.69, 9.17) is 25.8 Å². The van der Waals surface area contributed by atoms with E-state index in [9.17, 15) is 19.2 Å². The summed E-state index contributed by atoms with van der Waals surface area (Å²) in [5.41, 5.74) is 1.86. The van der Waals surface area contributed by atoms with Gasteiger partial charge in [0.1, 0.15) is 6.54 Å². The van der Waals surface area contributed by atoms with Crippen molar-refractivity contribution >= 4 is 58.1 Å². The number of carbonyl (C=O) groups is 4. The lowest BCUT2D eigenvalue weighted by Gasteiger charge is -2.14. The summed E-state index contributed by atoms with van der Waals surface area (Å²) in [7, 11) is 1.44. The minimum Gasteiger partial charge on any atom is -0.493 e. The van der Waals surface area contributed by atoms with Crippen LogP contribution in [0, 0.1) is 6.92 Å². The summed E-state index contributed by atoms with van der Waals surface area (Å²) in [4.78, 5) is 50.5. The molecule has 3 amide bonds. The number of hydrogen-bond acceptors (Lipinski definition) is 8. The Kier molecular flexibility index (Phi) is 9.00. The topological polar surface area (TPSA) is 111 Å². The van der Waals surface area contributed by atoms with Crippen LogP contribution in [0.2, 0.25) is 5.02 Å². The fraction of sp³-hybridized carbons (Fsp3) is 0.280. The zero-order valence-electron chi connectivity index (χ0n) is 20.1. The number of ether oxygens (including phenoxy) is 3. The third-order valence-corrected chi connectivity index (χ3v) is 5.99. The van der Waals surface area contributed by atoms with Gasteiger partial charge in [0.15, 0.2) is 18.1 Å². The highest BCUT2D eigenvalue weighted by molar-refractivity contribution is 8.18. The summed E-state index contributed by atoms with van der Waals surface area (Å²) >= 11 is 6.71. The van der Waals surface area contributed by atoms with Gasteiger partial charge in [0.25, 0.3) is 11.1 Å². The summed E-state index contributed by atoms with van der Waals surface area (Å²) < 4.78 is 15.8. The molecule has 11 heteroatoms. The summed E-state index contributed by atoms with van der Waals surface area (Å²) in [6.07, 6.45) is 1.26. The van der Waals surface area contributed by atoms with E-state index in [1.165, 1.54) is 13.2 Å². The van der Waals surface area contributed by atoms with Crippen LogP contribution in [0.1, 0.15) is 25.0 Å². The molecular formula is C25H25ClN2O7S. The van der Waals surface area contributed by atoms with Gasteiger partial charge in [0.2, 0.25) is 5.91 Å². The number of nitrogens with zero attached hydrogens (tertiary/aromatic N) is 1. The zero-order valence-corrected chi connectivity index (χ0v) is 21.7. The standard InChI is InChI=1S/C25H25ClN2O7S/c1-14(2)35-23(30)13-34-19-8-6-16(9-20(19)33-4)10-21-24(31)28(25(32)36-21)12-22(29)27-18-11-17(26)7-5-15(18)3/h5-11,14H,12-13H2,1-4H3,(H,27,29)/b21-10-. The third kappa shape index (κ3) is 7.02. The first-order chi connectivity index (χ1) is 17.1. The van der Waals surface area contributed by atoms with Gasteiger partial charge in [-0.05, 0) is 74.0 Å². The number of aryl methyl sites for hydroxylation is 1. The Labute approximate surface area is 217 Å². The van der Waals surface area contributed by atoms with E-state index in [1.807, 2.05) is 0 Å². The number of amides is 3. The van der Waals surface area contributed by atoms with Gasteiger partial charge in [0, 0.05) is 10.7 Å². The molecule has 0 radical (unpaired) electrons. The van der Waals surface area contributed by atoms with E-state index in [1.54, 1.807) is 57.2 Å². The Bertz CT molecular complexity index is 1230. The number of methoxy groups -OCH3 is 1. The number of thioether (sulfide) groups is 1. The summed E-state index contributed by atoms with van der Waals surface area (Å²) in [5, 5.41) is 2.57. The van der Waals surface area contributed by atoms with E-state index >= 15 is 0 Å². The molecule has 0 atom stereocenters. The molecule has 0 saturated carbocycles. The number of halogens is 1. The molecule has 1 fully saturated rings. The number of benzene rings is 2. The summed E-state index contributed by atoms with van der Waals surface area (Å²) in [6, 6.07) is 9.87. The number of nitrogens with one attached hydrogen (secondary N) is 1. The van der Waals surface area contributed by atoms with Crippen molar-refractivity contribution in [3.05, 3.63) is 57.5 Å². The van der Waals surface area contributed by atoms with E-state index in [0.29, 0.717) is 27.8 Å². The van der Waals surface area contributed by atoms with Crippen LogP contribution >= 0.6 is 23.4 Å². The summed E-state index contributed by atoms with van der Waals surface area (Å²) in [6.45, 7) is 4.56. The van der Waals surface area contributed by atoms with Crippen LogP contribution in [0.5, 0.6) is 11.5 Å². The molecule has 1 aliphatic heterocycles. The van der Waals surface area contributed by atoms with Crippen molar-refractivity contribution in [1.82, 2.24) is 4.90 Å². The maximum atomic E-state index is 12.8. The van der Waals surface area contributed by atoms with Gasteiger partial charge in [-0.15, -0.1) is 0 Å². The molecular weight excluding hydrogens is 508 g/mol. The Hall–Kier alpha value is -3.50. The van der Waals surface area contributed by atoms with Gasteiger partial charge in [-0.2, -0.15) is 0 Å². The van der Waals surface area contributed by atoms with Gasteiger partial charge in [0.05, 0.1) is 18.1 Å². The monoisotopic (exact) mass is 532 g/mol. The third-order valence-electron chi connectivity index (χ3n) is 4.85. The molecule has 2 aromatic carbocycles. The molecule has 1 saturated heterocycles. The van der Waals surface area contributed by atoms with Crippen LogP contribution in [0.25, 0.3) is 6.08 Å². The van der Waals surface area contributed by atoms with Crippen molar-refractivity contribution in [3.8, 4) is 11.5 Å². The molecule has 0 aromatic heterocycles. The quantitative estimate of drug-likeness (QED) is 0.366. The van der Waals surface area contributed by atoms with E-state index in [-0.39, 0.29) is 17.6 Å². The van der Waals surface area contributed by atoms with E-state index < -0.39 is 29.6 Å². The molecule has 1 aliphatic rings. The van der Waals surface area contributed by atoms with Gasteiger partial charge >= 0.3 is 5.97 Å². The van der Waals surface area contributed by atoms with Crippen LogP contribution in [0.15, 0.2) is 41.3 Å². The maximum absolute atomic E-state index is 12.8. The average Bonchev–Trinajstić information content (AvgIpc) is 3.07. The highest BCUT2D eigenvalue weighted by atomic mass is 35.5. The largest absolute Gasteiger partial charge is 0.493 e. The van der Waals surface area contributed by atoms with Crippen LogP contribution in [-0.4, -0.2) is 54.3 Å². The second-order valence-electron chi connectivity index (χ2n) is 8.01. The molecule has 0 spiro atoms. The Morgan fingerprint density at radius 3 is 2.58 bits per heavy atom. The van der Waals surface area contributed by atoms with Crippen molar-refractivity contribution in [3.63, 3.8) is 0 Å². The number of rotatable bonds is 9.